The highest BCUT2D eigenvalue weighted by Gasteiger charge is 2.41. The molecule has 0 bridgehead atoms. The lowest BCUT2D eigenvalue weighted by Gasteiger charge is -2.42. The van der Waals surface area contributed by atoms with E-state index in [-0.39, 0.29) is 30.0 Å². The molecule has 0 spiro atoms. The fraction of sp³-hybridized carbons (Fsp3) is 0.533. The topological polar surface area (TPSA) is 53.1 Å². The zero-order valence-corrected chi connectivity index (χ0v) is 21.4. The van der Waals surface area contributed by atoms with Gasteiger partial charge in [-0.2, -0.15) is 0 Å². The van der Waals surface area contributed by atoms with Crippen LogP contribution in [0, 0.1) is 5.92 Å². The number of methoxy groups -OCH3 is 1. The summed E-state index contributed by atoms with van der Waals surface area (Å²) in [6.45, 7) is 4.17. The maximum Gasteiger partial charge on any atom is 0.409 e. The van der Waals surface area contributed by atoms with Crippen molar-refractivity contribution in [2.24, 2.45) is 5.92 Å². The van der Waals surface area contributed by atoms with Gasteiger partial charge in [-0.15, -0.1) is 0 Å². The third kappa shape index (κ3) is 5.44. The Morgan fingerprint density at radius 2 is 1.53 bits per heavy atom. The lowest BCUT2D eigenvalue weighted by Crippen LogP contribution is -2.52. The van der Waals surface area contributed by atoms with Gasteiger partial charge < -0.3 is 14.5 Å². The van der Waals surface area contributed by atoms with Crippen LogP contribution >= 0.6 is 0 Å². The van der Waals surface area contributed by atoms with E-state index in [4.69, 9.17) is 4.74 Å². The number of rotatable bonds is 6. The summed E-state index contributed by atoms with van der Waals surface area (Å²) in [4.78, 5) is 32.6. The molecule has 0 N–H and O–H groups in total. The molecule has 6 nitrogen and oxygen atoms in total. The van der Waals surface area contributed by atoms with Crippen LogP contribution in [0.25, 0.3) is 0 Å². The van der Waals surface area contributed by atoms with Crippen LogP contribution in [-0.2, 0) is 4.74 Å². The monoisotopic (exact) mass is 489 g/mol. The van der Waals surface area contributed by atoms with Gasteiger partial charge in [0, 0.05) is 56.3 Å². The quantitative estimate of drug-likeness (QED) is 0.572. The molecular weight excluding hydrogens is 450 g/mol. The van der Waals surface area contributed by atoms with E-state index < -0.39 is 0 Å². The van der Waals surface area contributed by atoms with Gasteiger partial charge >= 0.3 is 6.09 Å². The molecule has 2 aliphatic heterocycles. The number of likely N-dealkylation sites (tertiary alicyclic amines) is 2. The Morgan fingerprint density at radius 3 is 2.17 bits per heavy atom. The van der Waals surface area contributed by atoms with Crippen LogP contribution in [0.2, 0.25) is 0 Å². The Hall–Kier alpha value is -2.86. The third-order valence-electron chi connectivity index (χ3n) is 8.57. The number of carbonyl (C=O) groups is 2. The first-order valence-electron chi connectivity index (χ1n) is 13.6. The Labute approximate surface area is 215 Å². The van der Waals surface area contributed by atoms with Crippen LogP contribution in [0.15, 0.2) is 60.7 Å². The Bertz CT molecular complexity index is 1000. The standard InChI is InChI=1S/C30H39N3O3/c1-36-30(35)33(20-23-10-8-9-11-23)26-16-18-31(19-17-26)28-22-32(29(34)25-14-6-3-7-15-25)21-27(28)24-12-4-2-5-13-24/h2-7,12-15,23,26-28H,8-11,16-22H2,1H3/t27-,28+/m1/s1. The molecule has 36 heavy (non-hydrogen) atoms. The Balaban J connectivity index is 1.28. The number of hydrogen-bond acceptors (Lipinski definition) is 4. The molecule has 0 aromatic heterocycles. The number of nitrogens with zero attached hydrogens (tertiary/aromatic N) is 3. The van der Waals surface area contributed by atoms with Crippen molar-refractivity contribution in [3.63, 3.8) is 0 Å². The number of benzene rings is 2. The predicted octanol–water partition coefficient (Wildman–Crippen LogP) is 5.02. The van der Waals surface area contributed by atoms with Crippen molar-refractivity contribution in [3.05, 3.63) is 71.8 Å². The fourth-order valence-corrected chi connectivity index (χ4v) is 6.60. The van der Waals surface area contributed by atoms with E-state index in [1.165, 1.54) is 38.4 Å². The van der Waals surface area contributed by atoms with Crippen molar-refractivity contribution in [1.82, 2.24) is 14.7 Å². The molecule has 3 aliphatic rings. The van der Waals surface area contributed by atoms with Crippen LogP contribution in [0.1, 0.15) is 60.4 Å². The molecule has 2 amide bonds. The van der Waals surface area contributed by atoms with Crippen molar-refractivity contribution < 1.29 is 14.3 Å². The molecule has 1 aliphatic carbocycles. The van der Waals surface area contributed by atoms with Crippen molar-refractivity contribution in [1.29, 1.82) is 0 Å². The summed E-state index contributed by atoms with van der Waals surface area (Å²) in [6.07, 6.45) is 6.72. The minimum Gasteiger partial charge on any atom is -0.453 e. The van der Waals surface area contributed by atoms with E-state index in [1.807, 2.05) is 40.1 Å². The van der Waals surface area contributed by atoms with Gasteiger partial charge in [0.05, 0.1) is 7.11 Å². The zero-order valence-electron chi connectivity index (χ0n) is 21.4. The van der Waals surface area contributed by atoms with Gasteiger partial charge in [0.15, 0.2) is 0 Å². The summed E-state index contributed by atoms with van der Waals surface area (Å²) in [5, 5.41) is 0. The smallest absolute Gasteiger partial charge is 0.409 e. The van der Waals surface area contributed by atoms with Crippen LogP contribution in [0.5, 0.6) is 0 Å². The van der Waals surface area contributed by atoms with Crippen molar-refractivity contribution in [2.75, 3.05) is 39.8 Å². The molecule has 5 rings (SSSR count). The second-order valence-electron chi connectivity index (χ2n) is 10.7. The molecule has 6 heteroatoms. The van der Waals surface area contributed by atoms with E-state index in [0.717, 1.165) is 51.1 Å². The lowest BCUT2D eigenvalue weighted by atomic mass is 9.91. The number of ether oxygens (including phenoxy) is 1. The van der Waals surface area contributed by atoms with Crippen molar-refractivity contribution in [3.8, 4) is 0 Å². The van der Waals surface area contributed by atoms with E-state index in [2.05, 4.69) is 35.2 Å². The Morgan fingerprint density at radius 1 is 0.889 bits per heavy atom. The first-order chi connectivity index (χ1) is 17.6. The Kier molecular flexibility index (Phi) is 7.90. The molecule has 2 saturated heterocycles. The average molecular weight is 490 g/mol. The van der Waals surface area contributed by atoms with Gasteiger partial charge in [-0.25, -0.2) is 4.79 Å². The van der Waals surface area contributed by atoms with Gasteiger partial charge in [-0.1, -0.05) is 61.4 Å². The van der Waals surface area contributed by atoms with E-state index in [0.29, 0.717) is 5.92 Å². The van der Waals surface area contributed by atoms with Crippen molar-refractivity contribution >= 4 is 12.0 Å². The minimum absolute atomic E-state index is 0.113. The van der Waals surface area contributed by atoms with Gasteiger partial charge in [-0.3, -0.25) is 9.69 Å². The van der Waals surface area contributed by atoms with Crippen molar-refractivity contribution in [2.45, 2.75) is 56.5 Å². The summed E-state index contributed by atoms with van der Waals surface area (Å²) < 4.78 is 5.19. The summed E-state index contributed by atoms with van der Waals surface area (Å²) in [6, 6.07) is 20.8. The number of carbonyl (C=O) groups excluding carboxylic acids is 2. The minimum atomic E-state index is -0.178. The summed E-state index contributed by atoms with van der Waals surface area (Å²) >= 11 is 0. The van der Waals surface area contributed by atoms with Gasteiger partial charge in [0.2, 0.25) is 0 Å². The van der Waals surface area contributed by atoms with E-state index >= 15 is 0 Å². The highest BCUT2D eigenvalue weighted by molar-refractivity contribution is 5.94. The van der Waals surface area contributed by atoms with Crippen LogP contribution in [0.3, 0.4) is 0 Å². The van der Waals surface area contributed by atoms with Crippen LogP contribution in [0.4, 0.5) is 4.79 Å². The van der Waals surface area contributed by atoms with Gasteiger partial charge in [0.1, 0.15) is 0 Å². The molecule has 1 saturated carbocycles. The average Bonchev–Trinajstić information content (AvgIpc) is 3.63. The zero-order chi connectivity index (χ0) is 24.9. The molecule has 2 aromatic rings. The lowest BCUT2D eigenvalue weighted by molar-refractivity contribution is 0.0568. The SMILES string of the molecule is COC(=O)N(CC1CCCC1)C1CCN([C@H]2CN(C(=O)c3ccccc3)C[C@@H]2c2ccccc2)CC1. The second-order valence-corrected chi connectivity index (χ2v) is 10.7. The number of amides is 2. The molecule has 192 valence electrons. The fourth-order valence-electron chi connectivity index (χ4n) is 6.60. The molecule has 0 unspecified atom stereocenters. The first kappa shape index (κ1) is 24.8. The third-order valence-corrected chi connectivity index (χ3v) is 8.57. The largest absolute Gasteiger partial charge is 0.453 e. The van der Waals surface area contributed by atoms with Gasteiger partial charge in [0.25, 0.3) is 5.91 Å². The number of hydrogen-bond donors (Lipinski definition) is 0. The number of piperidine rings is 1. The normalized spacial score (nSPS) is 23.6. The maximum absolute atomic E-state index is 13.3. The van der Waals surface area contributed by atoms with Gasteiger partial charge in [-0.05, 0) is 49.3 Å². The summed E-state index contributed by atoms with van der Waals surface area (Å²) in [5.74, 6) is 1.00. The molecule has 0 radical (unpaired) electrons. The summed E-state index contributed by atoms with van der Waals surface area (Å²) in [5.41, 5.74) is 2.05. The molecule has 2 aromatic carbocycles. The van der Waals surface area contributed by atoms with Crippen LogP contribution in [-0.4, -0.2) is 78.6 Å². The second kappa shape index (κ2) is 11.5. The molecule has 2 atom stereocenters. The first-order valence-corrected chi connectivity index (χ1v) is 13.6. The summed E-state index contributed by atoms with van der Waals surface area (Å²) in [7, 11) is 1.50. The molecular formula is C30H39N3O3. The van der Waals surface area contributed by atoms with E-state index in [9.17, 15) is 9.59 Å². The predicted molar refractivity (Wildman–Crippen MR) is 141 cm³/mol. The maximum atomic E-state index is 13.3. The molecule has 2 heterocycles. The van der Waals surface area contributed by atoms with E-state index in [1.54, 1.807) is 0 Å². The highest BCUT2D eigenvalue weighted by atomic mass is 16.5. The molecule has 3 fully saturated rings. The van der Waals surface area contributed by atoms with Crippen LogP contribution < -0.4 is 0 Å². The highest BCUT2D eigenvalue weighted by Crippen LogP contribution is 2.35.